The van der Waals surface area contributed by atoms with E-state index in [-0.39, 0.29) is 17.4 Å². The molecule has 0 aliphatic carbocycles. The second-order valence-corrected chi connectivity index (χ2v) is 4.28. The molecule has 1 aliphatic heterocycles. The van der Waals surface area contributed by atoms with E-state index in [9.17, 15) is 4.79 Å². The van der Waals surface area contributed by atoms with Crippen molar-refractivity contribution in [3.63, 3.8) is 0 Å². The lowest BCUT2D eigenvalue weighted by Gasteiger charge is -2.20. The highest BCUT2D eigenvalue weighted by molar-refractivity contribution is 5.81. The zero-order chi connectivity index (χ0) is 9.19. The van der Waals surface area contributed by atoms with Crippen molar-refractivity contribution in [2.24, 2.45) is 5.41 Å². The molecule has 12 heavy (non-hydrogen) atoms. The van der Waals surface area contributed by atoms with Crippen molar-refractivity contribution in [2.75, 3.05) is 13.2 Å². The van der Waals surface area contributed by atoms with Gasteiger partial charge in [0.2, 0.25) is 5.91 Å². The maximum Gasteiger partial charge on any atom is 0.225 e. The first-order valence-corrected chi connectivity index (χ1v) is 4.39. The van der Waals surface area contributed by atoms with Crippen LogP contribution in [0.25, 0.3) is 0 Å². The quantitative estimate of drug-likeness (QED) is 0.637. The number of nitrogens with one attached hydrogen (secondary N) is 1. The van der Waals surface area contributed by atoms with Crippen LogP contribution in [0.4, 0.5) is 0 Å². The van der Waals surface area contributed by atoms with E-state index in [4.69, 9.17) is 4.74 Å². The molecule has 1 N–H and O–H groups in total. The molecule has 0 aromatic rings. The third kappa shape index (κ3) is 2.48. The highest BCUT2D eigenvalue weighted by Gasteiger charge is 2.25. The smallest absolute Gasteiger partial charge is 0.225 e. The molecule has 1 amide bonds. The minimum Gasteiger partial charge on any atom is -0.379 e. The number of hydrogen-bond acceptors (Lipinski definition) is 2. The molecule has 3 nitrogen and oxygen atoms in total. The summed E-state index contributed by atoms with van der Waals surface area (Å²) >= 11 is 0. The summed E-state index contributed by atoms with van der Waals surface area (Å²) in [5.74, 6) is 0.109. The number of amides is 1. The van der Waals surface area contributed by atoms with Crippen molar-refractivity contribution in [3.05, 3.63) is 0 Å². The van der Waals surface area contributed by atoms with Gasteiger partial charge in [-0.1, -0.05) is 20.8 Å². The maximum absolute atomic E-state index is 11.5. The third-order valence-corrected chi connectivity index (χ3v) is 1.95. The first-order valence-electron chi connectivity index (χ1n) is 4.39. The average molecular weight is 171 g/mol. The van der Waals surface area contributed by atoms with Crippen LogP contribution in [0.3, 0.4) is 0 Å². The number of ether oxygens (including phenoxy) is 1. The van der Waals surface area contributed by atoms with Crippen molar-refractivity contribution >= 4 is 5.91 Å². The molecule has 0 radical (unpaired) electrons. The van der Waals surface area contributed by atoms with Gasteiger partial charge in [0.15, 0.2) is 0 Å². The Balaban J connectivity index is 2.35. The largest absolute Gasteiger partial charge is 0.379 e. The van der Waals surface area contributed by atoms with Crippen LogP contribution in [-0.4, -0.2) is 25.2 Å². The Bertz CT molecular complexity index is 166. The molecule has 3 heteroatoms. The number of rotatable bonds is 1. The van der Waals surface area contributed by atoms with Gasteiger partial charge in [-0.25, -0.2) is 0 Å². The molecular formula is C9H17NO2. The highest BCUT2D eigenvalue weighted by atomic mass is 16.5. The van der Waals surface area contributed by atoms with Crippen molar-refractivity contribution in [1.29, 1.82) is 0 Å². The van der Waals surface area contributed by atoms with E-state index >= 15 is 0 Å². The van der Waals surface area contributed by atoms with Crippen LogP contribution in [0.1, 0.15) is 27.2 Å². The average Bonchev–Trinajstić information content (AvgIpc) is 2.37. The van der Waals surface area contributed by atoms with Gasteiger partial charge in [-0.2, -0.15) is 0 Å². The van der Waals surface area contributed by atoms with Crippen molar-refractivity contribution in [1.82, 2.24) is 5.32 Å². The summed E-state index contributed by atoms with van der Waals surface area (Å²) in [7, 11) is 0. The van der Waals surface area contributed by atoms with E-state index in [2.05, 4.69) is 5.32 Å². The van der Waals surface area contributed by atoms with E-state index in [0.717, 1.165) is 13.0 Å². The summed E-state index contributed by atoms with van der Waals surface area (Å²) in [5.41, 5.74) is -0.289. The van der Waals surface area contributed by atoms with Gasteiger partial charge in [-0.3, -0.25) is 4.79 Å². The Labute approximate surface area is 73.5 Å². The van der Waals surface area contributed by atoms with Gasteiger partial charge in [0.1, 0.15) is 0 Å². The fourth-order valence-corrected chi connectivity index (χ4v) is 1.05. The van der Waals surface area contributed by atoms with Gasteiger partial charge in [0, 0.05) is 12.0 Å². The second-order valence-electron chi connectivity index (χ2n) is 4.28. The fraction of sp³-hybridized carbons (Fsp3) is 0.889. The first-order chi connectivity index (χ1) is 5.50. The van der Waals surface area contributed by atoms with Gasteiger partial charge in [-0.05, 0) is 6.42 Å². The molecule has 1 saturated heterocycles. The Kier molecular flexibility index (Phi) is 2.73. The van der Waals surface area contributed by atoms with Crippen LogP contribution in [0.15, 0.2) is 0 Å². The van der Waals surface area contributed by atoms with Crippen molar-refractivity contribution in [3.8, 4) is 0 Å². The fourth-order valence-electron chi connectivity index (χ4n) is 1.05. The molecule has 70 valence electrons. The normalized spacial score (nSPS) is 24.1. The molecule has 1 atom stereocenters. The lowest BCUT2D eigenvalue weighted by Crippen LogP contribution is -2.41. The van der Waals surface area contributed by atoms with Crippen molar-refractivity contribution in [2.45, 2.75) is 33.2 Å². The SMILES string of the molecule is CC(C)(C)C(=O)N[C@H]1CCOC1. The van der Waals surface area contributed by atoms with Gasteiger partial charge in [-0.15, -0.1) is 0 Å². The lowest BCUT2D eigenvalue weighted by atomic mass is 9.95. The van der Waals surface area contributed by atoms with Crippen LogP contribution in [-0.2, 0) is 9.53 Å². The summed E-state index contributed by atoms with van der Waals surface area (Å²) in [6.45, 7) is 7.19. The molecule has 0 spiro atoms. The third-order valence-electron chi connectivity index (χ3n) is 1.95. The molecule has 0 saturated carbocycles. The minimum atomic E-state index is -0.289. The van der Waals surface area contributed by atoms with Crippen LogP contribution < -0.4 is 5.32 Å². The Morgan fingerprint density at radius 1 is 1.50 bits per heavy atom. The van der Waals surface area contributed by atoms with Crippen LogP contribution >= 0.6 is 0 Å². The van der Waals surface area contributed by atoms with Crippen molar-refractivity contribution < 1.29 is 9.53 Å². The molecular weight excluding hydrogens is 154 g/mol. The zero-order valence-corrected chi connectivity index (χ0v) is 8.02. The number of carbonyl (C=O) groups is 1. The van der Waals surface area contributed by atoms with Gasteiger partial charge < -0.3 is 10.1 Å². The Morgan fingerprint density at radius 2 is 2.17 bits per heavy atom. The molecule has 0 aromatic heterocycles. The number of hydrogen-bond donors (Lipinski definition) is 1. The summed E-state index contributed by atoms with van der Waals surface area (Å²) in [4.78, 5) is 11.5. The summed E-state index contributed by atoms with van der Waals surface area (Å²) in [6.07, 6.45) is 0.946. The van der Waals surface area contributed by atoms with E-state index in [0.29, 0.717) is 6.61 Å². The van der Waals surface area contributed by atoms with E-state index in [1.165, 1.54) is 0 Å². The lowest BCUT2D eigenvalue weighted by molar-refractivity contribution is -0.129. The van der Waals surface area contributed by atoms with Crippen LogP contribution in [0.5, 0.6) is 0 Å². The van der Waals surface area contributed by atoms with E-state index < -0.39 is 0 Å². The molecule has 0 bridgehead atoms. The summed E-state index contributed by atoms with van der Waals surface area (Å²) in [5, 5.41) is 2.95. The summed E-state index contributed by atoms with van der Waals surface area (Å²) < 4.78 is 5.16. The zero-order valence-electron chi connectivity index (χ0n) is 8.02. The molecule has 1 heterocycles. The summed E-state index contributed by atoms with van der Waals surface area (Å²) in [6, 6.07) is 0.233. The monoisotopic (exact) mass is 171 g/mol. The molecule has 1 fully saturated rings. The van der Waals surface area contributed by atoms with Crippen LogP contribution in [0.2, 0.25) is 0 Å². The standard InChI is InChI=1S/C9H17NO2/c1-9(2,3)8(11)10-7-4-5-12-6-7/h7H,4-6H2,1-3H3,(H,10,11)/t7-/m0/s1. The second kappa shape index (κ2) is 3.44. The predicted molar refractivity (Wildman–Crippen MR) is 46.8 cm³/mol. The molecule has 1 rings (SSSR count). The molecule has 0 aromatic carbocycles. The molecule has 0 unspecified atom stereocenters. The van der Waals surface area contributed by atoms with Crippen LogP contribution in [0, 0.1) is 5.41 Å². The number of carbonyl (C=O) groups excluding carboxylic acids is 1. The van der Waals surface area contributed by atoms with Gasteiger partial charge in [0.25, 0.3) is 0 Å². The van der Waals surface area contributed by atoms with Gasteiger partial charge in [0.05, 0.1) is 12.6 Å². The highest BCUT2D eigenvalue weighted by Crippen LogP contribution is 2.14. The Morgan fingerprint density at radius 3 is 2.58 bits per heavy atom. The Hall–Kier alpha value is -0.570. The minimum absolute atomic E-state index is 0.109. The van der Waals surface area contributed by atoms with E-state index in [1.807, 2.05) is 20.8 Å². The predicted octanol–water partition coefficient (Wildman–Crippen LogP) is 0.938. The van der Waals surface area contributed by atoms with E-state index in [1.54, 1.807) is 0 Å². The maximum atomic E-state index is 11.5. The topological polar surface area (TPSA) is 38.3 Å². The first kappa shape index (κ1) is 9.52. The molecule has 1 aliphatic rings. The van der Waals surface area contributed by atoms with Gasteiger partial charge >= 0.3 is 0 Å².